The third-order valence-corrected chi connectivity index (χ3v) is 5.34. The minimum atomic E-state index is -3.61. The van der Waals surface area contributed by atoms with Gasteiger partial charge in [-0.05, 0) is 51.4 Å². The van der Waals surface area contributed by atoms with Crippen LogP contribution < -0.4 is 10.5 Å². The number of nitrogens with two attached hydrogens (primary N) is 1. The van der Waals surface area contributed by atoms with E-state index in [-0.39, 0.29) is 10.7 Å². The number of nitrogens with one attached hydrogen (secondary N) is 1. The summed E-state index contributed by atoms with van der Waals surface area (Å²) < 4.78 is 26.8. The van der Waals surface area contributed by atoms with E-state index in [2.05, 4.69) is 21.5 Å². The number of piperidine rings is 1. The van der Waals surface area contributed by atoms with Gasteiger partial charge in [0.1, 0.15) is 0 Å². The smallest absolute Gasteiger partial charge is 0.260 e. The van der Waals surface area contributed by atoms with Crippen LogP contribution in [0.4, 0.5) is 5.69 Å². The molecule has 0 saturated carbocycles. The molecule has 0 spiro atoms. The van der Waals surface area contributed by atoms with Crippen LogP contribution >= 0.6 is 0 Å². The van der Waals surface area contributed by atoms with Gasteiger partial charge in [-0.25, -0.2) is 18.1 Å². The maximum atomic E-state index is 12.1. The summed E-state index contributed by atoms with van der Waals surface area (Å²) in [6, 6.07) is 3.75. The number of hydrogen-bond donors (Lipinski definition) is 2. The van der Waals surface area contributed by atoms with E-state index in [0.717, 1.165) is 19.5 Å². The maximum Gasteiger partial charge on any atom is 0.260 e. The molecular weight excluding hydrogens is 288 g/mol. The number of likely N-dealkylation sites (tertiary alicyclic amines) is 1. The lowest BCUT2D eigenvalue weighted by Gasteiger charge is -2.33. The van der Waals surface area contributed by atoms with Gasteiger partial charge in [0.2, 0.25) is 0 Å². The van der Waals surface area contributed by atoms with Gasteiger partial charge < -0.3 is 10.6 Å². The average molecular weight is 312 g/mol. The summed E-state index contributed by atoms with van der Waals surface area (Å²) in [6.45, 7) is 4.67. The van der Waals surface area contributed by atoms with Crippen molar-refractivity contribution >= 4 is 15.7 Å². The van der Waals surface area contributed by atoms with Crippen LogP contribution in [-0.2, 0) is 10.0 Å². The van der Waals surface area contributed by atoms with E-state index in [1.807, 2.05) is 0 Å². The van der Waals surface area contributed by atoms with Crippen LogP contribution in [0.3, 0.4) is 0 Å². The molecular formula is C14H24N4O2S. The normalized spacial score (nSPS) is 20.5. The summed E-state index contributed by atoms with van der Waals surface area (Å²) in [5, 5.41) is -0.0867. The van der Waals surface area contributed by atoms with Crippen molar-refractivity contribution in [3.05, 3.63) is 18.3 Å². The number of hydrogen-bond acceptors (Lipinski definition) is 5. The van der Waals surface area contributed by atoms with Crippen LogP contribution in [0.15, 0.2) is 23.4 Å². The van der Waals surface area contributed by atoms with Crippen LogP contribution in [-0.4, -0.2) is 44.0 Å². The summed E-state index contributed by atoms with van der Waals surface area (Å²) >= 11 is 0. The van der Waals surface area contributed by atoms with Crippen molar-refractivity contribution in [2.45, 2.75) is 43.7 Å². The Labute approximate surface area is 126 Å². The van der Waals surface area contributed by atoms with Gasteiger partial charge in [-0.15, -0.1) is 0 Å². The van der Waals surface area contributed by atoms with Crippen LogP contribution in [0.5, 0.6) is 0 Å². The average Bonchev–Trinajstić information content (AvgIpc) is 2.45. The van der Waals surface area contributed by atoms with Gasteiger partial charge in [-0.3, -0.25) is 0 Å². The molecule has 2 heterocycles. The number of anilines is 1. The molecule has 118 valence electrons. The highest BCUT2D eigenvalue weighted by atomic mass is 32.2. The first-order valence-corrected chi connectivity index (χ1v) is 8.93. The molecule has 0 radical (unpaired) electrons. The molecule has 3 N–H and O–H groups in total. The van der Waals surface area contributed by atoms with E-state index >= 15 is 0 Å². The van der Waals surface area contributed by atoms with Crippen LogP contribution in [0, 0.1) is 0 Å². The Hall–Kier alpha value is -1.18. The molecule has 1 fully saturated rings. The Morgan fingerprint density at radius 2 is 2.29 bits per heavy atom. The summed E-state index contributed by atoms with van der Waals surface area (Å²) in [5.41, 5.74) is 5.83. The van der Waals surface area contributed by atoms with Gasteiger partial charge in [0.25, 0.3) is 10.0 Å². The van der Waals surface area contributed by atoms with Gasteiger partial charge in [0.05, 0.1) is 5.69 Å². The molecule has 0 aliphatic carbocycles. The molecule has 1 aromatic rings. The van der Waals surface area contributed by atoms with Gasteiger partial charge in [0, 0.05) is 18.8 Å². The first-order valence-electron chi connectivity index (χ1n) is 7.45. The zero-order valence-corrected chi connectivity index (χ0v) is 13.3. The predicted molar refractivity (Wildman–Crippen MR) is 83.3 cm³/mol. The Balaban J connectivity index is 1.81. The third kappa shape index (κ3) is 4.39. The molecule has 6 nitrogen and oxygen atoms in total. The van der Waals surface area contributed by atoms with E-state index < -0.39 is 10.0 Å². The number of aromatic nitrogens is 1. The van der Waals surface area contributed by atoms with Crippen molar-refractivity contribution in [2.75, 3.05) is 25.4 Å². The standard InChI is InChI=1S/C14H24N4O2S/c1-12-6-2-3-10-18(12)11-5-9-17-21(19,20)14-13(15)7-4-8-16-14/h4,7-8,12,17H,2-3,5-6,9-11,15H2,1H3. The van der Waals surface area contributed by atoms with E-state index in [1.54, 1.807) is 6.07 Å². The van der Waals surface area contributed by atoms with Crippen molar-refractivity contribution in [3.63, 3.8) is 0 Å². The third-order valence-electron chi connectivity index (χ3n) is 3.91. The van der Waals surface area contributed by atoms with E-state index in [4.69, 9.17) is 5.73 Å². The molecule has 1 aromatic heterocycles. The van der Waals surface area contributed by atoms with Crippen molar-refractivity contribution in [1.82, 2.24) is 14.6 Å². The quantitative estimate of drug-likeness (QED) is 0.771. The molecule has 0 amide bonds. The molecule has 21 heavy (non-hydrogen) atoms. The lowest BCUT2D eigenvalue weighted by atomic mass is 10.0. The first kappa shape index (κ1) is 16.2. The fraction of sp³-hybridized carbons (Fsp3) is 0.643. The number of nitrogens with zero attached hydrogens (tertiary/aromatic N) is 2. The van der Waals surface area contributed by atoms with Gasteiger partial charge in [0.15, 0.2) is 5.03 Å². The van der Waals surface area contributed by atoms with Crippen LogP contribution in [0.25, 0.3) is 0 Å². The second kappa shape index (κ2) is 7.20. The molecule has 1 atom stereocenters. The Bertz CT molecular complexity index is 562. The fourth-order valence-electron chi connectivity index (χ4n) is 2.67. The van der Waals surface area contributed by atoms with Gasteiger partial charge in [-0.1, -0.05) is 6.42 Å². The summed E-state index contributed by atoms with van der Waals surface area (Å²) in [6.07, 6.45) is 5.98. The summed E-state index contributed by atoms with van der Waals surface area (Å²) in [4.78, 5) is 6.27. The van der Waals surface area contributed by atoms with Gasteiger partial charge in [-0.2, -0.15) is 0 Å². The maximum absolute atomic E-state index is 12.1. The van der Waals surface area contributed by atoms with E-state index in [9.17, 15) is 8.42 Å². The second-order valence-corrected chi connectivity index (χ2v) is 7.21. The molecule has 1 unspecified atom stereocenters. The zero-order valence-electron chi connectivity index (χ0n) is 12.5. The van der Waals surface area contributed by atoms with Crippen molar-refractivity contribution in [3.8, 4) is 0 Å². The minimum Gasteiger partial charge on any atom is -0.396 e. The second-order valence-electron chi connectivity index (χ2n) is 5.53. The van der Waals surface area contributed by atoms with Crippen molar-refractivity contribution in [1.29, 1.82) is 0 Å². The highest BCUT2D eigenvalue weighted by Gasteiger charge is 2.20. The van der Waals surface area contributed by atoms with E-state index in [0.29, 0.717) is 12.6 Å². The number of nitrogen functional groups attached to an aromatic ring is 1. The highest BCUT2D eigenvalue weighted by Crippen LogP contribution is 2.16. The van der Waals surface area contributed by atoms with Crippen LogP contribution in [0.2, 0.25) is 0 Å². The summed E-state index contributed by atoms with van der Waals surface area (Å²) in [5.74, 6) is 0. The molecule has 2 rings (SSSR count). The molecule has 0 aromatic carbocycles. The fourth-order valence-corrected chi connectivity index (χ4v) is 3.80. The first-order chi connectivity index (χ1) is 10.0. The Morgan fingerprint density at radius 1 is 1.48 bits per heavy atom. The minimum absolute atomic E-state index is 0.0867. The van der Waals surface area contributed by atoms with Crippen molar-refractivity contribution < 1.29 is 8.42 Å². The number of pyridine rings is 1. The molecule has 7 heteroatoms. The lowest BCUT2D eigenvalue weighted by Crippen LogP contribution is -2.39. The van der Waals surface area contributed by atoms with Gasteiger partial charge >= 0.3 is 0 Å². The Kier molecular flexibility index (Phi) is 5.55. The van der Waals surface area contributed by atoms with Crippen LogP contribution in [0.1, 0.15) is 32.6 Å². The molecule has 1 aliphatic rings. The monoisotopic (exact) mass is 312 g/mol. The Morgan fingerprint density at radius 3 is 3.00 bits per heavy atom. The highest BCUT2D eigenvalue weighted by molar-refractivity contribution is 7.89. The SMILES string of the molecule is CC1CCCCN1CCCNS(=O)(=O)c1ncccc1N. The molecule has 0 bridgehead atoms. The van der Waals surface area contributed by atoms with Crippen molar-refractivity contribution in [2.24, 2.45) is 0 Å². The topological polar surface area (TPSA) is 88.3 Å². The predicted octanol–water partition coefficient (Wildman–Crippen LogP) is 1.21. The lowest BCUT2D eigenvalue weighted by molar-refractivity contribution is 0.159. The molecule has 1 saturated heterocycles. The largest absolute Gasteiger partial charge is 0.396 e. The zero-order chi connectivity index (χ0) is 15.3. The summed E-state index contributed by atoms with van der Waals surface area (Å²) in [7, 11) is -3.61. The number of sulfonamides is 1. The number of rotatable bonds is 6. The molecule has 1 aliphatic heterocycles. The van der Waals surface area contributed by atoms with E-state index in [1.165, 1.54) is 31.5 Å².